The van der Waals surface area contributed by atoms with E-state index in [1.54, 1.807) is 4.90 Å². The Hall–Kier alpha value is -2.60. The Morgan fingerprint density at radius 2 is 1.79 bits per heavy atom. The van der Waals surface area contributed by atoms with Crippen molar-refractivity contribution in [2.75, 3.05) is 7.05 Å². The number of thioether (sulfide) groups is 1. The van der Waals surface area contributed by atoms with Gasteiger partial charge in [0.15, 0.2) is 11.0 Å². The van der Waals surface area contributed by atoms with Crippen LogP contribution >= 0.6 is 11.8 Å². The molecule has 1 atom stereocenters. The average molecular weight is 395 g/mol. The maximum atomic E-state index is 12.8. The van der Waals surface area contributed by atoms with Crippen molar-refractivity contribution in [3.63, 3.8) is 0 Å². The lowest BCUT2D eigenvalue weighted by Crippen LogP contribution is -2.33. The van der Waals surface area contributed by atoms with Crippen LogP contribution in [-0.4, -0.2) is 37.9 Å². The molecule has 1 heterocycles. The molecule has 5 nitrogen and oxygen atoms in total. The van der Waals surface area contributed by atoms with Crippen molar-refractivity contribution in [3.8, 4) is 11.4 Å². The lowest BCUT2D eigenvalue weighted by atomic mass is 10.1. The second-order valence-corrected chi connectivity index (χ2v) is 8.11. The minimum atomic E-state index is -0.243. The van der Waals surface area contributed by atoms with Crippen molar-refractivity contribution in [1.29, 1.82) is 0 Å². The van der Waals surface area contributed by atoms with Crippen LogP contribution in [0.4, 0.5) is 0 Å². The molecule has 0 N–H and O–H groups in total. The first-order valence-corrected chi connectivity index (χ1v) is 10.3. The van der Waals surface area contributed by atoms with Gasteiger partial charge in [-0.15, -0.1) is 10.2 Å². The fraction of sp³-hybridized carbons (Fsp3) is 0.318. The summed E-state index contributed by atoms with van der Waals surface area (Å²) in [5.41, 5.74) is 3.35. The Morgan fingerprint density at radius 1 is 1.11 bits per heavy atom. The van der Waals surface area contributed by atoms with Crippen molar-refractivity contribution in [1.82, 2.24) is 19.7 Å². The summed E-state index contributed by atoms with van der Waals surface area (Å²) in [6.45, 7) is 7.42. The monoisotopic (exact) mass is 394 g/mol. The normalized spacial score (nSPS) is 12.0. The number of nitrogens with zero attached hydrogens (tertiary/aromatic N) is 4. The predicted molar refractivity (Wildman–Crippen MR) is 114 cm³/mol. The summed E-state index contributed by atoms with van der Waals surface area (Å²) >= 11 is 1.46. The molecule has 0 fully saturated rings. The van der Waals surface area contributed by atoms with Crippen LogP contribution in [0.15, 0.2) is 59.8 Å². The van der Waals surface area contributed by atoms with E-state index < -0.39 is 0 Å². The summed E-state index contributed by atoms with van der Waals surface area (Å²) in [5.74, 6) is 0.928. The summed E-state index contributed by atoms with van der Waals surface area (Å²) < 4.78 is 2.08. The summed E-state index contributed by atoms with van der Waals surface area (Å²) in [6.07, 6.45) is 0. The van der Waals surface area contributed by atoms with Gasteiger partial charge in [0.2, 0.25) is 5.91 Å². The molecule has 146 valence electrons. The van der Waals surface area contributed by atoms with Crippen molar-refractivity contribution in [3.05, 3.63) is 65.7 Å². The van der Waals surface area contributed by atoms with Crippen molar-refractivity contribution in [2.45, 2.75) is 44.3 Å². The SMILES string of the molecule is CCn1c(S[C@@H](C)C(=O)N(C)Cc2ccccc2)nnc1-c1ccccc1C. The van der Waals surface area contributed by atoms with Crippen LogP contribution in [0.3, 0.4) is 0 Å². The van der Waals surface area contributed by atoms with Gasteiger partial charge in [-0.2, -0.15) is 0 Å². The molecular formula is C22H26N4OS. The summed E-state index contributed by atoms with van der Waals surface area (Å²) in [5, 5.41) is 9.32. The zero-order chi connectivity index (χ0) is 20.1. The largest absolute Gasteiger partial charge is 0.340 e. The van der Waals surface area contributed by atoms with Gasteiger partial charge in [-0.3, -0.25) is 4.79 Å². The van der Waals surface area contributed by atoms with Gasteiger partial charge in [0, 0.05) is 25.7 Å². The number of amides is 1. The van der Waals surface area contributed by atoms with Gasteiger partial charge in [0.1, 0.15) is 0 Å². The summed E-state index contributed by atoms with van der Waals surface area (Å²) in [4.78, 5) is 14.6. The van der Waals surface area contributed by atoms with Gasteiger partial charge in [0.05, 0.1) is 5.25 Å². The Bertz CT molecular complexity index is 939. The minimum absolute atomic E-state index is 0.0805. The molecule has 2 aromatic carbocycles. The molecule has 3 rings (SSSR count). The quantitative estimate of drug-likeness (QED) is 0.557. The minimum Gasteiger partial charge on any atom is -0.340 e. The first-order valence-electron chi connectivity index (χ1n) is 9.46. The standard InChI is InChI=1S/C22H26N4OS/c1-5-26-20(19-14-10-9-11-16(19)2)23-24-22(26)28-17(3)21(27)25(4)15-18-12-7-6-8-13-18/h6-14,17H,5,15H2,1-4H3/t17-/m0/s1. The average Bonchev–Trinajstić information content (AvgIpc) is 3.10. The van der Waals surface area contributed by atoms with Crippen molar-refractivity contribution in [2.24, 2.45) is 0 Å². The zero-order valence-corrected chi connectivity index (χ0v) is 17.6. The number of benzene rings is 2. The van der Waals surface area contributed by atoms with Crippen LogP contribution < -0.4 is 0 Å². The van der Waals surface area contributed by atoms with Gasteiger partial charge < -0.3 is 9.47 Å². The van der Waals surface area contributed by atoms with Crippen LogP contribution in [0.5, 0.6) is 0 Å². The highest BCUT2D eigenvalue weighted by atomic mass is 32.2. The van der Waals surface area contributed by atoms with Crippen LogP contribution in [0.2, 0.25) is 0 Å². The number of carbonyl (C=O) groups is 1. The summed E-state index contributed by atoms with van der Waals surface area (Å²) in [6, 6.07) is 18.2. The van der Waals surface area contributed by atoms with Crippen molar-refractivity contribution >= 4 is 17.7 Å². The maximum absolute atomic E-state index is 12.8. The number of carbonyl (C=O) groups excluding carboxylic acids is 1. The molecule has 0 aliphatic rings. The fourth-order valence-corrected chi connectivity index (χ4v) is 4.17. The van der Waals surface area contributed by atoms with E-state index in [1.807, 2.05) is 56.4 Å². The Kier molecular flexibility index (Phi) is 6.52. The lowest BCUT2D eigenvalue weighted by molar-refractivity contribution is -0.129. The van der Waals surface area contributed by atoms with Gasteiger partial charge >= 0.3 is 0 Å². The van der Waals surface area contributed by atoms with Crippen LogP contribution in [-0.2, 0) is 17.9 Å². The van der Waals surface area contributed by atoms with E-state index in [1.165, 1.54) is 11.8 Å². The molecule has 1 aromatic heterocycles. The van der Waals surface area contributed by atoms with E-state index in [4.69, 9.17) is 0 Å². The van der Waals surface area contributed by atoms with E-state index in [0.717, 1.165) is 34.2 Å². The van der Waals surface area contributed by atoms with Crippen LogP contribution in [0, 0.1) is 6.92 Å². The van der Waals surface area contributed by atoms with E-state index in [-0.39, 0.29) is 11.2 Å². The van der Waals surface area contributed by atoms with E-state index in [9.17, 15) is 4.79 Å². The Balaban J connectivity index is 1.74. The predicted octanol–water partition coefficient (Wildman–Crippen LogP) is 4.41. The molecule has 3 aromatic rings. The Labute approximate surface area is 170 Å². The molecule has 0 radical (unpaired) electrons. The topological polar surface area (TPSA) is 51.0 Å². The molecule has 0 spiro atoms. The van der Waals surface area contributed by atoms with Crippen LogP contribution in [0.25, 0.3) is 11.4 Å². The van der Waals surface area contributed by atoms with E-state index >= 15 is 0 Å². The number of hydrogen-bond donors (Lipinski definition) is 0. The molecule has 6 heteroatoms. The molecule has 0 aliphatic heterocycles. The number of aromatic nitrogens is 3. The number of aryl methyl sites for hydroxylation is 1. The highest BCUT2D eigenvalue weighted by Crippen LogP contribution is 2.29. The molecular weight excluding hydrogens is 368 g/mol. The highest BCUT2D eigenvalue weighted by molar-refractivity contribution is 8.00. The van der Waals surface area contributed by atoms with Gasteiger partial charge in [-0.05, 0) is 31.9 Å². The highest BCUT2D eigenvalue weighted by Gasteiger charge is 2.23. The van der Waals surface area contributed by atoms with E-state index in [2.05, 4.69) is 40.7 Å². The third kappa shape index (κ3) is 4.44. The first kappa shape index (κ1) is 20.1. The molecule has 0 aliphatic carbocycles. The summed E-state index contributed by atoms with van der Waals surface area (Å²) in [7, 11) is 1.84. The Morgan fingerprint density at radius 3 is 2.46 bits per heavy atom. The smallest absolute Gasteiger partial charge is 0.235 e. The molecule has 0 bridgehead atoms. The second kappa shape index (κ2) is 9.06. The molecule has 0 saturated carbocycles. The molecule has 1 amide bonds. The van der Waals surface area contributed by atoms with Gasteiger partial charge in [0.25, 0.3) is 0 Å². The molecule has 0 unspecified atom stereocenters. The van der Waals surface area contributed by atoms with Gasteiger partial charge in [-0.1, -0.05) is 66.4 Å². The third-order valence-electron chi connectivity index (χ3n) is 4.69. The maximum Gasteiger partial charge on any atom is 0.235 e. The third-order valence-corrected chi connectivity index (χ3v) is 5.76. The molecule has 0 saturated heterocycles. The van der Waals surface area contributed by atoms with Crippen LogP contribution in [0.1, 0.15) is 25.0 Å². The van der Waals surface area contributed by atoms with E-state index in [0.29, 0.717) is 6.54 Å². The first-order chi connectivity index (χ1) is 13.5. The fourth-order valence-electron chi connectivity index (χ4n) is 3.14. The second-order valence-electron chi connectivity index (χ2n) is 6.81. The number of hydrogen-bond acceptors (Lipinski definition) is 4. The zero-order valence-electron chi connectivity index (χ0n) is 16.8. The van der Waals surface area contributed by atoms with Gasteiger partial charge in [-0.25, -0.2) is 0 Å². The number of rotatable bonds is 7. The lowest BCUT2D eigenvalue weighted by Gasteiger charge is -2.21. The molecule has 28 heavy (non-hydrogen) atoms. The van der Waals surface area contributed by atoms with Crippen molar-refractivity contribution < 1.29 is 4.79 Å².